The summed E-state index contributed by atoms with van der Waals surface area (Å²) in [7, 11) is 1.62. The van der Waals surface area contributed by atoms with Crippen molar-refractivity contribution in [2.75, 3.05) is 26.9 Å². The molecule has 0 unspecified atom stereocenters. The van der Waals surface area contributed by atoms with Gasteiger partial charge in [-0.1, -0.05) is 70.5 Å². The Morgan fingerprint density at radius 1 is 0.913 bits per heavy atom. The zero-order chi connectivity index (χ0) is 32.2. The highest BCUT2D eigenvalue weighted by molar-refractivity contribution is 9.10. The van der Waals surface area contributed by atoms with E-state index in [-0.39, 0.29) is 12.5 Å². The van der Waals surface area contributed by atoms with Crippen molar-refractivity contribution < 1.29 is 24.1 Å². The number of amides is 1. The number of nitrogens with zero attached hydrogens (tertiary/aromatic N) is 1. The van der Waals surface area contributed by atoms with Crippen LogP contribution in [0.15, 0.2) is 113 Å². The molecule has 1 heterocycles. The van der Waals surface area contributed by atoms with E-state index in [9.17, 15) is 4.79 Å². The van der Waals surface area contributed by atoms with Gasteiger partial charge >= 0.3 is 0 Å². The Bertz CT molecular complexity index is 1580. The van der Waals surface area contributed by atoms with Gasteiger partial charge in [-0.2, -0.15) is 0 Å². The van der Waals surface area contributed by atoms with E-state index in [2.05, 4.69) is 51.0 Å². The highest BCUT2D eigenvalue weighted by Crippen LogP contribution is 2.43. The summed E-state index contributed by atoms with van der Waals surface area (Å²) in [4.78, 5) is 19.5. The molecule has 1 amide bonds. The second-order valence-corrected chi connectivity index (χ2v) is 12.1. The van der Waals surface area contributed by atoms with Crippen LogP contribution >= 0.6 is 15.9 Å². The number of halogens is 1. The molecular weight excluding hydrogens is 646 g/mol. The summed E-state index contributed by atoms with van der Waals surface area (Å²) in [6.45, 7) is 1.10. The van der Waals surface area contributed by atoms with Crippen LogP contribution in [0.5, 0.6) is 11.5 Å². The minimum absolute atomic E-state index is 0.0689. The first-order valence-corrected chi connectivity index (χ1v) is 16.4. The smallest absolute Gasteiger partial charge is 0.266 e. The van der Waals surface area contributed by atoms with Crippen LogP contribution in [0.25, 0.3) is 0 Å². The van der Waals surface area contributed by atoms with E-state index in [1.54, 1.807) is 7.11 Å². The first-order chi connectivity index (χ1) is 22.5. The Labute approximate surface area is 278 Å². The monoisotopic (exact) mass is 685 g/mol. The third-order valence-electron chi connectivity index (χ3n) is 7.88. The van der Waals surface area contributed by atoms with E-state index >= 15 is 0 Å². The number of ether oxygens (including phenoxy) is 3. The molecule has 0 aliphatic carbocycles. The fraction of sp³-hybridized carbons (Fsp3) is 0.297. The van der Waals surface area contributed by atoms with Crippen LogP contribution in [-0.4, -0.2) is 49.3 Å². The Kier molecular flexibility index (Phi) is 11.8. The number of benzene rings is 4. The Hall–Kier alpha value is -4.18. The molecule has 0 saturated carbocycles. The zero-order valence-corrected chi connectivity index (χ0v) is 27.5. The summed E-state index contributed by atoms with van der Waals surface area (Å²) >= 11 is 3.52. The highest BCUT2D eigenvalue weighted by Gasteiger charge is 2.53. The Morgan fingerprint density at radius 2 is 1.70 bits per heavy atom. The van der Waals surface area contributed by atoms with E-state index < -0.39 is 11.6 Å². The maximum Gasteiger partial charge on any atom is 0.266 e. The number of carbonyl (C=O) groups is 1. The van der Waals surface area contributed by atoms with E-state index in [0.717, 1.165) is 40.4 Å². The molecule has 0 aromatic heterocycles. The van der Waals surface area contributed by atoms with Crippen molar-refractivity contribution in [3.05, 3.63) is 130 Å². The molecular formula is C37H40BrN3O5. The van der Waals surface area contributed by atoms with Gasteiger partial charge < -0.3 is 19.3 Å². The third kappa shape index (κ3) is 8.54. The maximum atomic E-state index is 14.4. The molecule has 240 valence electrons. The van der Waals surface area contributed by atoms with Crippen molar-refractivity contribution >= 4 is 27.7 Å². The third-order valence-corrected chi connectivity index (χ3v) is 8.40. The molecule has 4 aromatic carbocycles. The first kappa shape index (κ1) is 33.2. The number of aryl methyl sites for hydroxylation is 1. The molecule has 0 bridgehead atoms. The lowest BCUT2D eigenvalue weighted by atomic mass is 9.82. The molecule has 46 heavy (non-hydrogen) atoms. The van der Waals surface area contributed by atoms with Gasteiger partial charge in [-0.25, -0.2) is 10.4 Å². The van der Waals surface area contributed by atoms with Crippen molar-refractivity contribution in [3.63, 3.8) is 0 Å². The first-order valence-electron chi connectivity index (χ1n) is 15.6. The van der Waals surface area contributed by atoms with Crippen LogP contribution in [0.3, 0.4) is 0 Å². The zero-order valence-electron chi connectivity index (χ0n) is 26.0. The van der Waals surface area contributed by atoms with Crippen LogP contribution in [-0.2, 0) is 22.4 Å². The SMILES string of the molecule is COc1cccc([C@@H]2OC(c3ccc(OCCCO)cc3)=N[C@]2(Cc2ccc(Br)cc2)C(=O)NNCCCCc2ccccc2)c1. The van der Waals surface area contributed by atoms with Gasteiger partial charge in [0.1, 0.15) is 11.5 Å². The molecule has 2 atom stereocenters. The molecule has 0 fully saturated rings. The van der Waals surface area contributed by atoms with Crippen molar-refractivity contribution in [3.8, 4) is 11.5 Å². The molecule has 8 nitrogen and oxygen atoms in total. The van der Waals surface area contributed by atoms with Crippen LogP contribution in [0.1, 0.15) is 47.6 Å². The Balaban J connectivity index is 1.42. The van der Waals surface area contributed by atoms with E-state index in [1.807, 2.05) is 78.9 Å². The van der Waals surface area contributed by atoms with Crippen LogP contribution in [0.4, 0.5) is 0 Å². The summed E-state index contributed by atoms with van der Waals surface area (Å²) in [5, 5.41) is 9.07. The van der Waals surface area contributed by atoms with E-state index in [4.69, 9.17) is 24.3 Å². The van der Waals surface area contributed by atoms with Gasteiger partial charge in [0.05, 0.1) is 13.7 Å². The number of hydrazine groups is 1. The average Bonchev–Trinajstić information content (AvgIpc) is 3.48. The average molecular weight is 687 g/mol. The van der Waals surface area contributed by atoms with Gasteiger partial charge in [0.2, 0.25) is 5.90 Å². The van der Waals surface area contributed by atoms with Crippen LogP contribution < -0.4 is 20.3 Å². The number of aliphatic hydroxyl groups is 1. The number of nitrogens with one attached hydrogen (secondary N) is 2. The second-order valence-electron chi connectivity index (χ2n) is 11.2. The van der Waals surface area contributed by atoms with Crippen molar-refractivity contribution in [2.45, 2.75) is 43.7 Å². The molecule has 1 aliphatic heterocycles. The predicted molar refractivity (Wildman–Crippen MR) is 183 cm³/mol. The normalized spacial score (nSPS) is 17.2. The Morgan fingerprint density at radius 3 is 2.43 bits per heavy atom. The van der Waals surface area contributed by atoms with Gasteiger partial charge in [-0.3, -0.25) is 10.2 Å². The molecule has 3 N–H and O–H groups in total. The number of hydrogen-bond acceptors (Lipinski definition) is 7. The summed E-state index contributed by atoms with van der Waals surface area (Å²) in [6.07, 6.45) is 2.99. The summed E-state index contributed by atoms with van der Waals surface area (Å²) in [6, 6.07) is 33.3. The maximum absolute atomic E-state index is 14.4. The predicted octanol–water partition coefficient (Wildman–Crippen LogP) is 6.36. The minimum Gasteiger partial charge on any atom is -0.497 e. The number of aliphatic hydroxyl groups excluding tert-OH is 1. The number of carbonyl (C=O) groups excluding carboxylic acids is 1. The molecule has 1 aliphatic rings. The highest BCUT2D eigenvalue weighted by atomic mass is 79.9. The van der Waals surface area contributed by atoms with E-state index in [1.165, 1.54) is 5.56 Å². The van der Waals surface area contributed by atoms with Crippen molar-refractivity contribution in [1.82, 2.24) is 10.9 Å². The minimum atomic E-state index is -1.33. The lowest BCUT2D eigenvalue weighted by Crippen LogP contribution is -2.54. The molecule has 0 radical (unpaired) electrons. The molecule has 0 spiro atoms. The van der Waals surface area contributed by atoms with Gasteiger partial charge in [0, 0.05) is 36.0 Å². The van der Waals surface area contributed by atoms with Crippen LogP contribution in [0.2, 0.25) is 0 Å². The quantitative estimate of drug-likeness (QED) is 0.0937. The van der Waals surface area contributed by atoms with Crippen molar-refractivity contribution in [2.24, 2.45) is 4.99 Å². The van der Waals surface area contributed by atoms with Crippen LogP contribution in [0, 0.1) is 0 Å². The van der Waals surface area contributed by atoms with Gasteiger partial charge in [0.15, 0.2) is 11.6 Å². The number of rotatable bonds is 16. The number of methoxy groups -OCH3 is 1. The molecule has 5 rings (SSSR count). The molecule has 9 heteroatoms. The molecule has 4 aromatic rings. The van der Waals surface area contributed by atoms with Gasteiger partial charge in [0.25, 0.3) is 5.91 Å². The lowest BCUT2D eigenvalue weighted by Gasteiger charge is -2.31. The summed E-state index contributed by atoms with van der Waals surface area (Å²) in [5.74, 6) is 1.42. The number of aliphatic imine (C=N–C) groups is 1. The van der Waals surface area contributed by atoms with Gasteiger partial charge in [-0.05, 0) is 84.5 Å². The van der Waals surface area contributed by atoms with E-state index in [0.29, 0.717) is 43.4 Å². The number of hydrogen-bond donors (Lipinski definition) is 3. The van der Waals surface area contributed by atoms with Crippen molar-refractivity contribution in [1.29, 1.82) is 0 Å². The topological polar surface area (TPSA) is 101 Å². The summed E-state index contributed by atoms with van der Waals surface area (Å²) in [5.41, 5.74) is 8.55. The summed E-state index contributed by atoms with van der Waals surface area (Å²) < 4.78 is 18.8. The van der Waals surface area contributed by atoms with Gasteiger partial charge in [-0.15, -0.1) is 0 Å². The largest absolute Gasteiger partial charge is 0.497 e. The molecule has 0 saturated heterocycles. The number of unbranched alkanes of at least 4 members (excludes halogenated alkanes) is 1. The standard InChI is InChI=1S/C37H40BrN3O5/c1-44-33-13-7-12-30(25-33)34-37(26-28-14-18-31(38)19-15-28,36(43)41-39-22-6-5-11-27-9-3-2-4-10-27)40-35(46-34)29-16-20-32(21-17-29)45-24-8-23-42/h2-4,7,9-10,12-21,25,34,39,42H,5-6,8,11,22-24,26H2,1H3,(H,41,43)/t34-,37-/m0/s1. The fourth-order valence-electron chi connectivity index (χ4n) is 5.44. The second kappa shape index (κ2) is 16.4. The lowest BCUT2D eigenvalue weighted by molar-refractivity contribution is -0.130. The fourth-order valence-corrected chi connectivity index (χ4v) is 5.70.